The van der Waals surface area contributed by atoms with Crippen LogP contribution in [0.15, 0.2) is 0 Å². The van der Waals surface area contributed by atoms with E-state index in [1.807, 2.05) is 20.8 Å². The van der Waals surface area contributed by atoms with Crippen LogP contribution in [0.4, 0.5) is 0 Å². The Morgan fingerprint density at radius 1 is 1.53 bits per heavy atom. The smallest absolute Gasteiger partial charge is 0.241 e. The minimum absolute atomic E-state index is 0.0703. The van der Waals surface area contributed by atoms with Gasteiger partial charge >= 0.3 is 0 Å². The third-order valence-electron chi connectivity index (χ3n) is 4.21. The van der Waals surface area contributed by atoms with Gasteiger partial charge in [0.05, 0.1) is 25.4 Å². The highest BCUT2D eigenvalue weighted by atomic mass is 16.5. The number of carbonyl (C=O) groups is 1. The Labute approximate surface area is 102 Å². The summed E-state index contributed by atoms with van der Waals surface area (Å²) < 4.78 is 10.6. The number of carbonyl (C=O) groups excluding carboxylic acids is 1. The highest BCUT2D eigenvalue weighted by Crippen LogP contribution is 2.49. The van der Waals surface area contributed by atoms with Gasteiger partial charge in [0.25, 0.3) is 0 Å². The molecule has 0 aromatic carbocycles. The van der Waals surface area contributed by atoms with E-state index in [1.165, 1.54) is 0 Å². The van der Waals surface area contributed by atoms with Gasteiger partial charge in [-0.05, 0) is 6.92 Å². The average molecular weight is 242 g/mol. The Balaban J connectivity index is 1.97. The fraction of sp³-hybridized carbons (Fsp3) is 0.917. The third-order valence-corrected chi connectivity index (χ3v) is 4.21. The van der Waals surface area contributed by atoms with Gasteiger partial charge in [-0.15, -0.1) is 0 Å². The third kappa shape index (κ3) is 1.86. The summed E-state index contributed by atoms with van der Waals surface area (Å²) in [6.45, 7) is 7.79. The van der Waals surface area contributed by atoms with Crippen LogP contribution in [-0.2, 0) is 14.3 Å². The molecule has 1 saturated heterocycles. The van der Waals surface area contributed by atoms with Gasteiger partial charge in [-0.3, -0.25) is 4.79 Å². The first-order chi connectivity index (χ1) is 7.91. The molecule has 17 heavy (non-hydrogen) atoms. The van der Waals surface area contributed by atoms with Gasteiger partial charge in [-0.25, -0.2) is 0 Å². The second-order valence-electron chi connectivity index (χ2n) is 5.55. The zero-order chi connectivity index (χ0) is 12.7. The summed E-state index contributed by atoms with van der Waals surface area (Å²) in [6, 6.07) is 0.130. The van der Waals surface area contributed by atoms with Crippen molar-refractivity contribution in [3.8, 4) is 0 Å². The normalized spacial score (nSPS) is 35.9. The van der Waals surface area contributed by atoms with Gasteiger partial charge in [0.2, 0.25) is 5.91 Å². The summed E-state index contributed by atoms with van der Waals surface area (Å²) in [5.74, 6) is -0.0771. The second-order valence-corrected chi connectivity index (χ2v) is 5.55. The summed E-state index contributed by atoms with van der Waals surface area (Å²) in [4.78, 5) is 12.2. The van der Waals surface area contributed by atoms with E-state index in [9.17, 15) is 4.79 Å². The van der Waals surface area contributed by atoms with Crippen LogP contribution >= 0.6 is 0 Å². The predicted octanol–water partition coefficient (Wildman–Crippen LogP) is 0.0339. The standard InChI is InChI=1S/C12H22N2O3/c1-4-17-9-5-12(13,11(9,2)3)10(15)14-8-6-16-7-8/h8-9H,4-7,13H2,1-3H3,(H,14,15). The van der Waals surface area contributed by atoms with Crippen LogP contribution in [0.2, 0.25) is 0 Å². The molecular weight excluding hydrogens is 220 g/mol. The quantitative estimate of drug-likeness (QED) is 0.729. The fourth-order valence-corrected chi connectivity index (χ4v) is 2.45. The Hall–Kier alpha value is -0.650. The lowest BCUT2D eigenvalue weighted by Crippen LogP contribution is -2.76. The first-order valence-corrected chi connectivity index (χ1v) is 6.21. The maximum atomic E-state index is 12.2. The molecule has 5 nitrogen and oxygen atoms in total. The van der Waals surface area contributed by atoms with E-state index in [2.05, 4.69) is 5.32 Å². The highest BCUT2D eigenvalue weighted by Gasteiger charge is 2.63. The molecule has 3 N–H and O–H groups in total. The largest absolute Gasteiger partial charge is 0.378 e. The number of hydrogen-bond acceptors (Lipinski definition) is 4. The van der Waals surface area contributed by atoms with Crippen LogP contribution in [0.3, 0.4) is 0 Å². The Morgan fingerprint density at radius 3 is 2.59 bits per heavy atom. The molecule has 1 aliphatic heterocycles. The van der Waals surface area contributed by atoms with Crippen molar-refractivity contribution in [1.29, 1.82) is 0 Å². The minimum Gasteiger partial charge on any atom is -0.378 e. The molecular formula is C12H22N2O3. The predicted molar refractivity (Wildman–Crippen MR) is 63.5 cm³/mol. The van der Waals surface area contributed by atoms with Crippen molar-refractivity contribution in [2.75, 3.05) is 19.8 Å². The van der Waals surface area contributed by atoms with Crippen molar-refractivity contribution < 1.29 is 14.3 Å². The summed E-state index contributed by atoms with van der Waals surface area (Å²) in [7, 11) is 0. The van der Waals surface area contributed by atoms with Crippen molar-refractivity contribution in [1.82, 2.24) is 5.32 Å². The first kappa shape index (κ1) is 12.8. The van der Waals surface area contributed by atoms with E-state index < -0.39 is 5.54 Å². The molecule has 5 heteroatoms. The van der Waals surface area contributed by atoms with E-state index in [0.717, 1.165) is 0 Å². The lowest BCUT2D eigenvalue weighted by Gasteiger charge is -2.58. The maximum absolute atomic E-state index is 12.2. The molecule has 98 valence electrons. The molecule has 1 amide bonds. The van der Waals surface area contributed by atoms with Crippen LogP contribution in [-0.4, -0.2) is 43.4 Å². The van der Waals surface area contributed by atoms with Crippen LogP contribution in [0.5, 0.6) is 0 Å². The maximum Gasteiger partial charge on any atom is 0.241 e. The van der Waals surface area contributed by atoms with Gasteiger partial charge in [0.1, 0.15) is 5.54 Å². The van der Waals surface area contributed by atoms with Gasteiger partial charge in [0.15, 0.2) is 0 Å². The molecule has 2 unspecified atom stereocenters. The first-order valence-electron chi connectivity index (χ1n) is 6.21. The number of amides is 1. The number of ether oxygens (including phenoxy) is 2. The van der Waals surface area contributed by atoms with Crippen molar-refractivity contribution in [3.05, 3.63) is 0 Å². The monoisotopic (exact) mass is 242 g/mol. The zero-order valence-corrected chi connectivity index (χ0v) is 10.8. The van der Waals surface area contributed by atoms with Crippen molar-refractivity contribution in [2.45, 2.75) is 44.9 Å². The van der Waals surface area contributed by atoms with Crippen LogP contribution in [0.25, 0.3) is 0 Å². The SMILES string of the molecule is CCOC1CC(N)(C(=O)NC2COC2)C1(C)C. The Kier molecular flexibility index (Phi) is 3.18. The molecule has 1 aliphatic carbocycles. The van der Waals surface area contributed by atoms with Crippen molar-refractivity contribution in [3.63, 3.8) is 0 Å². The fourth-order valence-electron chi connectivity index (χ4n) is 2.45. The molecule has 2 rings (SSSR count). The molecule has 2 atom stereocenters. The van der Waals surface area contributed by atoms with Crippen LogP contribution < -0.4 is 11.1 Å². The Bertz CT molecular complexity index is 315. The molecule has 1 saturated carbocycles. The number of rotatable bonds is 4. The molecule has 0 radical (unpaired) electrons. The molecule has 0 aromatic rings. The molecule has 0 bridgehead atoms. The van der Waals surface area contributed by atoms with Crippen molar-refractivity contribution in [2.24, 2.45) is 11.1 Å². The van der Waals surface area contributed by atoms with E-state index >= 15 is 0 Å². The molecule has 0 spiro atoms. The van der Waals surface area contributed by atoms with Gasteiger partial charge < -0.3 is 20.5 Å². The summed E-state index contributed by atoms with van der Waals surface area (Å²) in [6.07, 6.45) is 0.661. The number of nitrogens with two attached hydrogens (primary N) is 1. The molecule has 0 aromatic heterocycles. The van der Waals surface area contributed by atoms with Gasteiger partial charge in [-0.2, -0.15) is 0 Å². The summed E-state index contributed by atoms with van der Waals surface area (Å²) >= 11 is 0. The lowest BCUT2D eigenvalue weighted by atomic mass is 9.54. The lowest BCUT2D eigenvalue weighted by molar-refractivity contribution is -0.173. The number of nitrogens with one attached hydrogen (secondary N) is 1. The topological polar surface area (TPSA) is 73.6 Å². The summed E-state index contributed by atoms with van der Waals surface area (Å²) in [5.41, 5.74) is 5.10. The Morgan fingerprint density at radius 2 is 2.18 bits per heavy atom. The summed E-state index contributed by atoms with van der Waals surface area (Å²) in [5, 5.41) is 2.93. The van der Waals surface area contributed by atoms with E-state index in [0.29, 0.717) is 26.2 Å². The van der Waals surface area contributed by atoms with Gasteiger partial charge in [0, 0.05) is 18.4 Å². The molecule has 2 aliphatic rings. The van der Waals surface area contributed by atoms with E-state index in [-0.39, 0.29) is 23.5 Å². The molecule has 1 heterocycles. The van der Waals surface area contributed by atoms with Crippen molar-refractivity contribution >= 4 is 5.91 Å². The van der Waals surface area contributed by atoms with E-state index in [1.54, 1.807) is 0 Å². The minimum atomic E-state index is -0.817. The van der Waals surface area contributed by atoms with Crippen LogP contribution in [0.1, 0.15) is 27.2 Å². The molecule has 2 fully saturated rings. The zero-order valence-electron chi connectivity index (χ0n) is 10.8. The highest BCUT2D eigenvalue weighted by molar-refractivity contribution is 5.89. The second kappa shape index (κ2) is 4.23. The average Bonchev–Trinajstić information content (AvgIpc) is 2.22. The number of hydrogen-bond donors (Lipinski definition) is 2. The van der Waals surface area contributed by atoms with Gasteiger partial charge in [-0.1, -0.05) is 13.8 Å². The van der Waals surface area contributed by atoms with E-state index in [4.69, 9.17) is 15.2 Å². The van der Waals surface area contributed by atoms with Crippen LogP contribution in [0, 0.1) is 5.41 Å².